The first kappa shape index (κ1) is 25.0. The number of aromatic nitrogens is 2. The lowest BCUT2D eigenvalue weighted by atomic mass is 10.0. The van der Waals surface area contributed by atoms with Gasteiger partial charge in [0.25, 0.3) is 0 Å². The van der Waals surface area contributed by atoms with Crippen LogP contribution in [-0.2, 0) is 22.2 Å². The molecule has 1 heterocycles. The van der Waals surface area contributed by atoms with Crippen LogP contribution in [0.1, 0.15) is 31.0 Å². The number of benzene rings is 2. The first-order chi connectivity index (χ1) is 16.2. The van der Waals surface area contributed by atoms with Gasteiger partial charge >= 0.3 is 6.18 Å². The number of carbonyl (C=O) groups excluding carboxylic acids is 2. The Morgan fingerprint density at radius 3 is 2.09 bits per heavy atom. The molecule has 0 bridgehead atoms. The molecule has 0 aliphatic heterocycles. The Hall–Kier alpha value is -3.66. The van der Waals surface area contributed by atoms with Crippen LogP contribution in [0.5, 0.6) is 0 Å². The molecule has 0 aliphatic carbocycles. The van der Waals surface area contributed by atoms with Gasteiger partial charge in [0.15, 0.2) is 0 Å². The average Bonchev–Trinajstić information content (AvgIpc) is 3.20. The van der Waals surface area contributed by atoms with E-state index < -0.39 is 11.7 Å². The van der Waals surface area contributed by atoms with E-state index in [2.05, 4.69) is 15.8 Å². The van der Waals surface area contributed by atoms with Crippen LogP contribution in [0.3, 0.4) is 0 Å². The fraction of sp³-hybridized carbons (Fsp3) is 0.292. The summed E-state index contributed by atoms with van der Waals surface area (Å²) in [4.78, 5) is 25.3. The van der Waals surface area contributed by atoms with Gasteiger partial charge in [0.05, 0.1) is 17.0 Å². The van der Waals surface area contributed by atoms with E-state index in [1.165, 1.54) is 16.9 Å². The number of aryl methyl sites for hydroxylation is 1. The number of rotatable bonds is 9. The zero-order valence-corrected chi connectivity index (χ0v) is 18.7. The number of hydrogen-bond acceptors (Lipinski definition) is 4. The normalized spacial score (nSPS) is 11.3. The van der Waals surface area contributed by atoms with E-state index >= 15 is 0 Å². The highest BCUT2D eigenvalue weighted by Gasteiger charge is 2.30. The third-order valence-electron chi connectivity index (χ3n) is 5.07. The number of nitrogens with two attached hydrogens (primary N) is 1. The minimum atomic E-state index is -4.38. The van der Waals surface area contributed by atoms with E-state index in [-0.39, 0.29) is 31.2 Å². The molecule has 3 aromatic rings. The SMILES string of the molecule is CCNC(=O)CCc1cc(-c2ccc(-c3ccc(C(F)(F)F)cc3)cc2)n(NC(=O)CCN)n1. The van der Waals surface area contributed by atoms with Gasteiger partial charge in [-0.3, -0.25) is 9.59 Å². The molecule has 4 N–H and O–H groups in total. The second-order valence-corrected chi connectivity index (χ2v) is 7.61. The Morgan fingerprint density at radius 1 is 0.941 bits per heavy atom. The molecule has 0 spiro atoms. The van der Waals surface area contributed by atoms with Crippen molar-refractivity contribution >= 4 is 11.8 Å². The van der Waals surface area contributed by atoms with Crippen molar-refractivity contribution in [1.29, 1.82) is 0 Å². The zero-order valence-electron chi connectivity index (χ0n) is 18.7. The van der Waals surface area contributed by atoms with Gasteiger partial charge in [0, 0.05) is 37.9 Å². The maximum atomic E-state index is 12.8. The summed E-state index contributed by atoms with van der Waals surface area (Å²) in [5.41, 5.74) is 10.8. The van der Waals surface area contributed by atoms with Gasteiger partial charge in [0.1, 0.15) is 0 Å². The Labute approximate surface area is 195 Å². The summed E-state index contributed by atoms with van der Waals surface area (Å²) in [5, 5.41) is 7.14. The summed E-state index contributed by atoms with van der Waals surface area (Å²) >= 11 is 0. The van der Waals surface area contributed by atoms with Crippen LogP contribution in [0.25, 0.3) is 22.4 Å². The van der Waals surface area contributed by atoms with Crippen LogP contribution >= 0.6 is 0 Å². The number of alkyl halides is 3. The molecular weight excluding hydrogens is 447 g/mol. The van der Waals surface area contributed by atoms with Gasteiger partial charge in [0.2, 0.25) is 11.8 Å². The maximum Gasteiger partial charge on any atom is 0.416 e. The summed E-state index contributed by atoms with van der Waals surface area (Å²) in [7, 11) is 0. The quantitative estimate of drug-likeness (QED) is 0.441. The smallest absolute Gasteiger partial charge is 0.356 e. The van der Waals surface area contributed by atoms with Crippen LogP contribution < -0.4 is 16.5 Å². The number of nitrogens with zero attached hydrogens (tertiary/aromatic N) is 2. The van der Waals surface area contributed by atoms with Crippen molar-refractivity contribution in [2.45, 2.75) is 32.4 Å². The first-order valence-corrected chi connectivity index (χ1v) is 10.8. The molecule has 0 saturated heterocycles. The standard InChI is InChI=1S/C24H26F3N5O2/c1-2-29-22(33)12-11-20-15-21(32(30-20)31-23(34)13-14-28)18-5-3-16(4-6-18)17-7-9-19(10-8-17)24(25,26)27/h3-10,15H,2,11-14,28H2,1H3,(H,29,33)(H,31,34). The van der Waals surface area contributed by atoms with E-state index in [0.29, 0.717) is 29.9 Å². The topological polar surface area (TPSA) is 102 Å². The Kier molecular flexibility index (Phi) is 8.06. The van der Waals surface area contributed by atoms with Crippen LogP contribution in [0.4, 0.5) is 13.2 Å². The van der Waals surface area contributed by atoms with Crippen molar-refractivity contribution in [3.05, 3.63) is 65.9 Å². The minimum absolute atomic E-state index is 0.0911. The Bertz CT molecular complexity index is 1120. The van der Waals surface area contributed by atoms with E-state index in [9.17, 15) is 22.8 Å². The summed E-state index contributed by atoms with van der Waals surface area (Å²) in [5.74, 6) is -0.393. The van der Waals surface area contributed by atoms with Crippen LogP contribution in [0.15, 0.2) is 54.6 Å². The molecule has 0 atom stereocenters. The third-order valence-corrected chi connectivity index (χ3v) is 5.07. The molecule has 0 saturated carbocycles. The second-order valence-electron chi connectivity index (χ2n) is 7.61. The number of halogens is 3. The molecular formula is C24H26F3N5O2. The Morgan fingerprint density at radius 2 is 1.53 bits per heavy atom. The van der Waals surface area contributed by atoms with Crippen LogP contribution in [0.2, 0.25) is 0 Å². The molecule has 3 rings (SSSR count). The average molecular weight is 473 g/mol. The van der Waals surface area contributed by atoms with E-state index in [1.54, 1.807) is 30.3 Å². The van der Waals surface area contributed by atoms with Gasteiger partial charge in [-0.25, -0.2) is 5.43 Å². The number of nitrogens with one attached hydrogen (secondary N) is 2. The summed E-state index contributed by atoms with van der Waals surface area (Å²) in [6, 6.07) is 13.9. The number of amides is 2. The van der Waals surface area contributed by atoms with Gasteiger partial charge in [-0.05, 0) is 36.2 Å². The van der Waals surface area contributed by atoms with Crippen molar-refractivity contribution in [3.63, 3.8) is 0 Å². The number of carbonyl (C=O) groups is 2. The molecule has 2 aromatic carbocycles. The number of hydrogen-bond donors (Lipinski definition) is 3. The lowest BCUT2D eigenvalue weighted by Crippen LogP contribution is -2.26. The fourth-order valence-corrected chi connectivity index (χ4v) is 3.36. The predicted octanol–water partition coefficient (Wildman–Crippen LogP) is 3.72. The predicted molar refractivity (Wildman–Crippen MR) is 123 cm³/mol. The molecule has 10 heteroatoms. The lowest BCUT2D eigenvalue weighted by Gasteiger charge is -2.10. The van der Waals surface area contributed by atoms with E-state index in [4.69, 9.17) is 5.73 Å². The molecule has 1 aromatic heterocycles. The molecule has 0 fully saturated rings. The molecule has 7 nitrogen and oxygen atoms in total. The lowest BCUT2D eigenvalue weighted by molar-refractivity contribution is -0.137. The molecule has 0 radical (unpaired) electrons. The summed E-state index contributed by atoms with van der Waals surface area (Å²) in [6.45, 7) is 2.57. The van der Waals surface area contributed by atoms with Crippen molar-refractivity contribution in [3.8, 4) is 22.4 Å². The molecule has 180 valence electrons. The molecule has 0 aliphatic rings. The highest BCUT2D eigenvalue weighted by atomic mass is 19.4. The highest BCUT2D eigenvalue weighted by molar-refractivity contribution is 5.84. The minimum Gasteiger partial charge on any atom is -0.356 e. The zero-order chi connectivity index (χ0) is 24.7. The van der Waals surface area contributed by atoms with Gasteiger partial charge < -0.3 is 11.1 Å². The largest absolute Gasteiger partial charge is 0.416 e. The van der Waals surface area contributed by atoms with Crippen molar-refractivity contribution in [2.24, 2.45) is 5.73 Å². The fourth-order valence-electron chi connectivity index (χ4n) is 3.36. The first-order valence-electron chi connectivity index (χ1n) is 10.8. The van der Waals surface area contributed by atoms with Gasteiger partial charge in [-0.1, -0.05) is 36.4 Å². The highest BCUT2D eigenvalue weighted by Crippen LogP contribution is 2.31. The maximum absolute atomic E-state index is 12.8. The van der Waals surface area contributed by atoms with Crippen molar-refractivity contribution in [2.75, 3.05) is 18.5 Å². The van der Waals surface area contributed by atoms with Crippen molar-refractivity contribution in [1.82, 2.24) is 15.2 Å². The van der Waals surface area contributed by atoms with Gasteiger partial charge in [-0.2, -0.15) is 23.1 Å². The summed E-state index contributed by atoms with van der Waals surface area (Å²) < 4.78 is 38.4. The monoisotopic (exact) mass is 473 g/mol. The van der Waals surface area contributed by atoms with Crippen molar-refractivity contribution < 1.29 is 22.8 Å². The summed E-state index contributed by atoms with van der Waals surface area (Å²) in [6.07, 6.45) is -3.61. The van der Waals surface area contributed by atoms with Gasteiger partial charge in [-0.15, -0.1) is 0 Å². The molecule has 2 amide bonds. The molecule has 0 unspecified atom stereocenters. The second kappa shape index (κ2) is 11.0. The van der Waals surface area contributed by atoms with E-state index in [1.807, 2.05) is 6.92 Å². The third kappa shape index (κ3) is 6.44. The van der Waals surface area contributed by atoms with E-state index in [0.717, 1.165) is 23.3 Å². The Balaban J connectivity index is 1.84. The molecule has 34 heavy (non-hydrogen) atoms. The van der Waals surface area contributed by atoms with Crippen LogP contribution in [0, 0.1) is 0 Å². The van der Waals surface area contributed by atoms with Crippen LogP contribution in [-0.4, -0.2) is 34.8 Å².